The Labute approximate surface area is 157 Å². The summed E-state index contributed by atoms with van der Waals surface area (Å²) < 4.78 is 10.1. The smallest absolute Gasteiger partial charge is 0.408 e. The Hall–Kier alpha value is -3.28. The number of aryl methyl sites for hydroxylation is 1. The highest BCUT2D eigenvalue weighted by Crippen LogP contribution is 2.23. The number of hydrogen-bond acceptors (Lipinski definition) is 4. The molecule has 0 aliphatic heterocycles. The number of H-pyrrole nitrogens is 1. The summed E-state index contributed by atoms with van der Waals surface area (Å²) in [4.78, 5) is 27.7. The maximum Gasteiger partial charge on any atom is 0.408 e. The van der Waals surface area contributed by atoms with Crippen LogP contribution in [0.25, 0.3) is 10.9 Å². The van der Waals surface area contributed by atoms with Gasteiger partial charge in [0, 0.05) is 23.0 Å². The van der Waals surface area contributed by atoms with Crippen molar-refractivity contribution in [2.75, 3.05) is 7.11 Å². The van der Waals surface area contributed by atoms with Gasteiger partial charge in [-0.2, -0.15) is 0 Å². The van der Waals surface area contributed by atoms with Gasteiger partial charge in [-0.05, 0) is 24.1 Å². The number of amides is 1. The lowest BCUT2D eigenvalue weighted by Gasteiger charge is -2.17. The van der Waals surface area contributed by atoms with Crippen LogP contribution < -0.4 is 5.32 Å². The van der Waals surface area contributed by atoms with Crippen LogP contribution in [-0.2, 0) is 27.3 Å². The topological polar surface area (TPSA) is 80.4 Å². The number of esters is 1. The van der Waals surface area contributed by atoms with Crippen LogP contribution in [0.1, 0.15) is 16.8 Å². The van der Waals surface area contributed by atoms with E-state index in [2.05, 4.69) is 10.3 Å². The van der Waals surface area contributed by atoms with Gasteiger partial charge in [0.15, 0.2) is 0 Å². The van der Waals surface area contributed by atoms with Gasteiger partial charge in [0.1, 0.15) is 12.6 Å². The third-order valence-electron chi connectivity index (χ3n) is 4.43. The largest absolute Gasteiger partial charge is 0.467 e. The average molecular weight is 366 g/mol. The first kappa shape index (κ1) is 18.5. The first-order chi connectivity index (χ1) is 13.1. The van der Waals surface area contributed by atoms with E-state index >= 15 is 0 Å². The monoisotopic (exact) mass is 366 g/mol. The molecule has 0 aliphatic carbocycles. The quantitative estimate of drug-likeness (QED) is 0.655. The Bertz CT molecular complexity index is 934. The van der Waals surface area contributed by atoms with Crippen LogP contribution in [0, 0.1) is 6.92 Å². The van der Waals surface area contributed by atoms with Crippen molar-refractivity contribution in [2.24, 2.45) is 0 Å². The molecular weight excluding hydrogens is 344 g/mol. The summed E-state index contributed by atoms with van der Waals surface area (Å²) in [6, 6.07) is 16.3. The number of carbonyl (C=O) groups is 2. The van der Waals surface area contributed by atoms with Crippen molar-refractivity contribution in [1.82, 2.24) is 10.3 Å². The molecule has 3 rings (SSSR count). The minimum Gasteiger partial charge on any atom is -0.467 e. The molecule has 0 saturated carbocycles. The third kappa shape index (κ3) is 4.47. The van der Waals surface area contributed by atoms with E-state index < -0.39 is 18.1 Å². The molecule has 1 amide bonds. The van der Waals surface area contributed by atoms with E-state index in [0.717, 1.165) is 27.7 Å². The van der Waals surface area contributed by atoms with E-state index in [4.69, 9.17) is 9.47 Å². The van der Waals surface area contributed by atoms with Crippen molar-refractivity contribution in [1.29, 1.82) is 0 Å². The van der Waals surface area contributed by atoms with Gasteiger partial charge >= 0.3 is 12.1 Å². The van der Waals surface area contributed by atoms with E-state index in [1.165, 1.54) is 7.11 Å². The van der Waals surface area contributed by atoms with Crippen LogP contribution in [0.15, 0.2) is 54.6 Å². The van der Waals surface area contributed by atoms with Crippen molar-refractivity contribution >= 4 is 23.0 Å². The van der Waals surface area contributed by atoms with Crippen LogP contribution in [0.2, 0.25) is 0 Å². The third-order valence-corrected chi connectivity index (χ3v) is 4.43. The van der Waals surface area contributed by atoms with Crippen LogP contribution >= 0.6 is 0 Å². The Morgan fingerprint density at radius 3 is 2.52 bits per heavy atom. The Balaban J connectivity index is 1.71. The molecule has 0 radical (unpaired) electrons. The first-order valence-electron chi connectivity index (χ1n) is 8.69. The Morgan fingerprint density at radius 2 is 1.78 bits per heavy atom. The summed E-state index contributed by atoms with van der Waals surface area (Å²) in [6.07, 6.45) is -0.352. The minimum absolute atomic E-state index is 0.132. The lowest BCUT2D eigenvalue weighted by atomic mass is 10.0. The van der Waals surface area contributed by atoms with Gasteiger partial charge in [-0.25, -0.2) is 9.59 Å². The molecule has 27 heavy (non-hydrogen) atoms. The number of carbonyl (C=O) groups excluding carboxylic acids is 2. The molecular formula is C21H22N2O4. The highest BCUT2D eigenvalue weighted by Gasteiger charge is 2.25. The number of para-hydroxylation sites is 1. The summed E-state index contributed by atoms with van der Waals surface area (Å²) in [5, 5.41) is 3.64. The molecule has 0 unspecified atom stereocenters. The predicted octanol–water partition coefficient (Wildman–Crippen LogP) is 3.49. The number of aromatic amines is 1. The van der Waals surface area contributed by atoms with Crippen LogP contribution in [-0.4, -0.2) is 30.2 Å². The van der Waals surface area contributed by atoms with E-state index in [9.17, 15) is 9.59 Å². The summed E-state index contributed by atoms with van der Waals surface area (Å²) in [6.45, 7) is 2.07. The van der Waals surface area contributed by atoms with Crippen molar-refractivity contribution in [3.05, 3.63) is 71.4 Å². The van der Waals surface area contributed by atoms with Gasteiger partial charge < -0.3 is 19.8 Å². The summed E-state index contributed by atoms with van der Waals surface area (Å²) >= 11 is 0. The molecule has 1 atom stereocenters. The molecule has 0 fully saturated rings. The maximum absolute atomic E-state index is 12.2. The zero-order valence-corrected chi connectivity index (χ0v) is 15.3. The van der Waals surface area contributed by atoms with Crippen molar-refractivity contribution < 1.29 is 19.1 Å². The maximum atomic E-state index is 12.2. The normalized spacial score (nSPS) is 11.8. The average Bonchev–Trinajstić information content (AvgIpc) is 3.01. The molecule has 2 N–H and O–H groups in total. The SMILES string of the molecule is COC(=O)[C@@H](Cc1c(C)[nH]c2ccccc12)NC(=O)OCc1ccccc1. The van der Waals surface area contributed by atoms with Crippen molar-refractivity contribution in [3.63, 3.8) is 0 Å². The highest BCUT2D eigenvalue weighted by atomic mass is 16.6. The zero-order valence-electron chi connectivity index (χ0n) is 15.3. The molecule has 6 heteroatoms. The molecule has 0 bridgehead atoms. The van der Waals surface area contributed by atoms with Gasteiger partial charge in [0.25, 0.3) is 0 Å². The molecule has 0 aliphatic rings. The second kappa shape index (κ2) is 8.40. The van der Waals surface area contributed by atoms with Gasteiger partial charge in [-0.15, -0.1) is 0 Å². The Kier molecular flexibility index (Phi) is 5.76. The summed E-state index contributed by atoms with van der Waals surface area (Å²) in [7, 11) is 1.30. The number of hydrogen-bond donors (Lipinski definition) is 2. The number of aromatic nitrogens is 1. The Morgan fingerprint density at radius 1 is 1.07 bits per heavy atom. The molecule has 2 aromatic carbocycles. The number of rotatable bonds is 6. The van der Waals surface area contributed by atoms with Crippen molar-refractivity contribution in [3.8, 4) is 0 Å². The first-order valence-corrected chi connectivity index (χ1v) is 8.69. The number of methoxy groups -OCH3 is 1. The number of alkyl carbamates (subject to hydrolysis) is 1. The highest BCUT2D eigenvalue weighted by molar-refractivity contribution is 5.87. The summed E-state index contributed by atoms with van der Waals surface area (Å²) in [5.41, 5.74) is 3.77. The van der Waals surface area contributed by atoms with Gasteiger partial charge in [0.05, 0.1) is 7.11 Å². The molecule has 0 saturated heterocycles. The van der Waals surface area contributed by atoms with Gasteiger partial charge in [-0.1, -0.05) is 48.5 Å². The van der Waals surface area contributed by atoms with Crippen LogP contribution in [0.3, 0.4) is 0 Å². The van der Waals surface area contributed by atoms with E-state index in [1.807, 2.05) is 61.5 Å². The van der Waals surface area contributed by atoms with E-state index in [1.54, 1.807) is 0 Å². The minimum atomic E-state index is -0.837. The number of fused-ring (bicyclic) bond motifs is 1. The lowest BCUT2D eigenvalue weighted by molar-refractivity contribution is -0.142. The predicted molar refractivity (Wildman–Crippen MR) is 102 cm³/mol. The standard InChI is InChI=1S/C21H22N2O4/c1-14-17(16-10-6-7-11-18(16)22-14)12-19(20(24)26-2)23-21(25)27-13-15-8-4-3-5-9-15/h3-11,19,22H,12-13H2,1-2H3,(H,23,25)/t19-/m1/s1. The number of benzene rings is 2. The van der Waals surface area contributed by atoms with E-state index in [0.29, 0.717) is 6.42 Å². The fourth-order valence-corrected chi connectivity index (χ4v) is 3.04. The second-order valence-electron chi connectivity index (χ2n) is 6.26. The second-order valence-corrected chi connectivity index (χ2v) is 6.26. The molecule has 140 valence electrons. The fraction of sp³-hybridized carbons (Fsp3) is 0.238. The molecule has 3 aromatic rings. The lowest BCUT2D eigenvalue weighted by Crippen LogP contribution is -2.43. The summed E-state index contributed by atoms with van der Waals surface area (Å²) in [5.74, 6) is -0.517. The molecule has 1 aromatic heterocycles. The number of nitrogens with one attached hydrogen (secondary N) is 2. The van der Waals surface area contributed by atoms with E-state index in [-0.39, 0.29) is 6.61 Å². The van der Waals surface area contributed by atoms with Crippen LogP contribution in [0.4, 0.5) is 4.79 Å². The molecule has 0 spiro atoms. The van der Waals surface area contributed by atoms with Crippen molar-refractivity contribution in [2.45, 2.75) is 26.0 Å². The number of ether oxygens (including phenoxy) is 2. The molecule has 6 nitrogen and oxygen atoms in total. The molecule has 1 heterocycles. The van der Waals surface area contributed by atoms with Crippen LogP contribution in [0.5, 0.6) is 0 Å². The van der Waals surface area contributed by atoms with Gasteiger partial charge in [-0.3, -0.25) is 0 Å². The zero-order chi connectivity index (χ0) is 19.2. The fourth-order valence-electron chi connectivity index (χ4n) is 3.04. The van der Waals surface area contributed by atoms with Gasteiger partial charge in [0.2, 0.25) is 0 Å².